The minimum Gasteiger partial charge on any atom is -0.392 e. The van der Waals surface area contributed by atoms with E-state index >= 15 is 0 Å². The van der Waals surface area contributed by atoms with Crippen LogP contribution in [0.1, 0.15) is 13.3 Å². The molecule has 0 aromatic rings. The molecule has 56 valence electrons. The van der Waals surface area contributed by atoms with E-state index in [0.29, 0.717) is 6.54 Å². The number of nitrogens with one attached hydrogen (secondary N) is 2. The normalized spacial score (nSPS) is 13.7. The summed E-state index contributed by atoms with van der Waals surface area (Å²) in [4.78, 5) is 4.46. The molecule has 9 heavy (non-hydrogen) atoms. The second-order valence-electron chi connectivity index (χ2n) is 1.75. The summed E-state index contributed by atoms with van der Waals surface area (Å²) in [6.07, 6.45) is 0.450. The minimum atomic E-state index is -0.298. The molecule has 0 aliphatic carbocycles. The summed E-state index contributed by atoms with van der Waals surface area (Å²) < 4.78 is 0. The van der Waals surface area contributed by atoms with Gasteiger partial charge in [-0.05, 0) is 6.42 Å². The van der Waals surface area contributed by atoms with Gasteiger partial charge in [-0.25, -0.2) is 5.43 Å². The number of hydrazine groups is 1. The molecule has 0 bridgehead atoms. The quantitative estimate of drug-likeness (QED) is 0.347. The average Bonchev–Trinajstić information content (AvgIpc) is 1.89. The number of hydrogen-bond donors (Lipinski definition) is 3. The van der Waals surface area contributed by atoms with Crippen molar-refractivity contribution in [1.82, 2.24) is 11.0 Å². The van der Waals surface area contributed by atoms with E-state index in [1.807, 2.05) is 6.92 Å². The van der Waals surface area contributed by atoms with Crippen LogP contribution in [0.15, 0.2) is 0 Å². The van der Waals surface area contributed by atoms with Crippen LogP contribution in [0.5, 0.6) is 0 Å². The molecule has 3 N–H and O–H groups in total. The first-order valence-corrected chi connectivity index (χ1v) is 3.00. The maximum Gasteiger partial charge on any atom is 0.0676 e. The van der Waals surface area contributed by atoms with Crippen molar-refractivity contribution in [3.8, 4) is 0 Å². The van der Waals surface area contributed by atoms with E-state index < -0.39 is 0 Å². The fraction of sp³-hybridized carbons (Fsp3) is 1.00. The Hall–Kier alpha value is -0.160. The highest BCUT2D eigenvalue weighted by atomic mass is 16.7. The van der Waals surface area contributed by atoms with E-state index in [2.05, 4.69) is 15.9 Å². The zero-order chi connectivity index (χ0) is 7.11. The van der Waals surface area contributed by atoms with Crippen LogP contribution in [0.25, 0.3) is 0 Å². The Morgan fingerprint density at radius 2 is 2.33 bits per heavy atom. The maximum absolute atomic E-state index is 8.93. The van der Waals surface area contributed by atoms with Crippen LogP contribution < -0.4 is 11.0 Å². The Kier molecular flexibility index (Phi) is 5.86. The van der Waals surface area contributed by atoms with E-state index in [9.17, 15) is 0 Å². The summed E-state index contributed by atoms with van der Waals surface area (Å²) in [6.45, 7) is 2.42. The van der Waals surface area contributed by atoms with Gasteiger partial charge < -0.3 is 5.11 Å². The molecular formula is C5H14N2O2. The molecule has 0 spiro atoms. The third-order valence-corrected chi connectivity index (χ3v) is 0.983. The van der Waals surface area contributed by atoms with Crippen molar-refractivity contribution >= 4 is 0 Å². The molecule has 0 amide bonds. The lowest BCUT2D eigenvalue weighted by atomic mass is 10.3. The Morgan fingerprint density at radius 3 is 2.78 bits per heavy atom. The van der Waals surface area contributed by atoms with Gasteiger partial charge in [0, 0.05) is 6.54 Å². The summed E-state index contributed by atoms with van der Waals surface area (Å²) >= 11 is 0. The zero-order valence-corrected chi connectivity index (χ0v) is 5.85. The third kappa shape index (κ3) is 5.72. The molecule has 0 fully saturated rings. The van der Waals surface area contributed by atoms with Gasteiger partial charge in [0.2, 0.25) is 0 Å². The number of hydrogen-bond acceptors (Lipinski definition) is 4. The predicted octanol–water partition coefficient (Wildman–Crippen LogP) is -0.587. The fourth-order valence-corrected chi connectivity index (χ4v) is 0.376. The van der Waals surface area contributed by atoms with E-state index in [4.69, 9.17) is 5.11 Å². The number of aliphatic hydroxyl groups is 1. The minimum absolute atomic E-state index is 0.298. The van der Waals surface area contributed by atoms with Gasteiger partial charge in [0.1, 0.15) is 0 Å². The first kappa shape index (κ1) is 8.84. The van der Waals surface area contributed by atoms with Crippen LogP contribution in [-0.2, 0) is 4.84 Å². The topological polar surface area (TPSA) is 53.5 Å². The Labute approximate surface area is 55.1 Å². The van der Waals surface area contributed by atoms with E-state index in [0.717, 1.165) is 6.42 Å². The molecular weight excluding hydrogens is 120 g/mol. The largest absolute Gasteiger partial charge is 0.392 e. The fourth-order valence-electron chi connectivity index (χ4n) is 0.376. The van der Waals surface area contributed by atoms with Crippen LogP contribution >= 0.6 is 0 Å². The molecule has 1 unspecified atom stereocenters. The van der Waals surface area contributed by atoms with Gasteiger partial charge in [-0.1, -0.05) is 6.92 Å². The molecule has 0 aliphatic heterocycles. The van der Waals surface area contributed by atoms with Crippen molar-refractivity contribution in [2.75, 3.05) is 13.7 Å². The predicted molar refractivity (Wildman–Crippen MR) is 34.4 cm³/mol. The van der Waals surface area contributed by atoms with Crippen LogP contribution in [0.3, 0.4) is 0 Å². The third-order valence-electron chi connectivity index (χ3n) is 0.983. The van der Waals surface area contributed by atoms with Gasteiger partial charge in [-0.3, -0.25) is 4.84 Å². The summed E-state index contributed by atoms with van der Waals surface area (Å²) in [7, 11) is 1.51. The molecule has 1 atom stereocenters. The SMILES string of the molecule is CCC(O)CNNOC. The van der Waals surface area contributed by atoms with Crippen molar-refractivity contribution in [2.45, 2.75) is 19.4 Å². The summed E-state index contributed by atoms with van der Waals surface area (Å²) in [5, 5.41) is 8.93. The number of aliphatic hydroxyl groups excluding tert-OH is 1. The monoisotopic (exact) mass is 134 g/mol. The average molecular weight is 134 g/mol. The first-order valence-electron chi connectivity index (χ1n) is 3.00. The van der Waals surface area contributed by atoms with Crippen LogP contribution in [0, 0.1) is 0 Å². The second kappa shape index (κ2) is 5.97. The van der Waals surface area contributed by atoms with Crippen molar-refractivity contribution in [2.24, 2.45) is 0 Å². The van der Waals surface area contributed by atoms with E-state index in [1.54, 1.807) is 0 Å². The van der Waals surface area contributed by atoms with E-state index in [-0.39, 0.29) is 6.10 Å². The standard InChI is InChI=1S/C5H14N2O2/c1-3-5(8)4-6-7-9-2/h5-8H,3-4H2,1-2H3. The highest BCUT2D eigenvalue weighted by Gasteiger charge is 1.96. The molecule has 0 rings (SSSR count). The molecule has 0 saturated heterocycles. The van der Waals surface area contributed by atoms with Crippen molar-refractivity contribution in [3.05, 3.63) is 0 Å². The van der Waals surface area contributed by atoms with Gasteiger partial charge in [-0.15, -0.1) is 5.59 Å². The highest BCUT2D eigenvalue weighted by molar-refractivity contribution is 4.51. The molecule has 4 heteroatoms. The molecule has 0 aromatic heterocycles. The zero-order valence-electron chi connectivity index (χ0n) is 5.85. The van der Waals surface area contributed by atoms with Gasteiger partial charge in [0.05, 0.1) is 13.2 Å². The van der Waals surface area contributed by atoms with Gasteiger partial charge in [-0.2, -0.15) is 0 Å². The molecule has 0 radical (unpaired) electrons. The van der Waals surface area contributed by atoms with Crippen LogP contribution in [0.2, 0.25) is 0 Å². The lowest BCUT2D eigenvalue weighted by Gasteiger charge is -2.07. The maximum atomic E-state index is 8.93. The van der Waals surface area contributed by atoms with Crippen molar-refractivity contribution in [3.63, 3.8) is 0 Å². The summed E-state index contributed by atoms with van der Waals surface area (Å²) in [5.41, 5.74) is 5.07. The van der Waals surface area contributed by atoms with Gasteiger partial charge >= 0.3 is 0 Å². The van der Waals surface area contributed by atoms with Crippen molar-refractivity contribution < 1.29 is 9.94 Å². The van der Waals surface area contributed by atoms with Crippen molar-refractivity contribution in [1.29, 1.82) is 0 Å². The molecule has 4 nitrogen and oxygen atoms in total. The van der Waals surface area contributed by atoms with Gasteiger partial charge in [0.15, 0.2) is 0 Å². The lowest BCUT2D eigenvalue weighted by Crippen LogP contribution is -2.36. The van der Waals surface area contributed by atoms with E-state index in [1.165, 1.54) is 7.11 Å². The smallest absolute Gasteiger partial charge is 0.0676 e. The second-order valence-corrected chi connectivity index (χ2v) is 1.75. The summed E-state index contributed by atoms with van der Waals surface area (Å²) in [5.74, 6) is 0. The van der Waals surface area contributed by atoms with Gasteiger partial charge in [0.25, 0.3) is 0 Å². The molecule has 0 aromatic carbocycles. The molecule has 0 saturated carbocycles. The van der Waals surface area contributed by atoms with Crippen LogP contribution in [-0.4, -0.2) is 24.9 Å². The lowest BCUT2D eigenvalue weighted by molar-refractivity contribution is 0.0401. The Bertz CT molecular complexity index is 60.9. The van der Waals surface area contributed by atoms with Crippen LogP contribution in [0.4, 0.5) is 0 Å². The first-order chi connectivity index (χ1) is 4.31. The Balaban J connectivity index is 2.88. The molecule has 0 aliphatic rings. The molecule has 0 heterocycles. The summed E-state index contributed by atoms with van der Waals surface area (Å²) in [6, 6.07) is 0. The highest BCUT2D eigenvalue weighted by Crippen LogP contribution is 1.83. The Morgan fingerprint density at radius 1 is 1.67 bits per heavy atom. The number of rotatable bonds is 5.